The zero-order valence-corrected chi connectivity index (χ0v) is 21.3. The number of ether oxygens (including phenoxy) is 2. The topological polar surface area (TPSA) is 100 Å². The average molecular weight is 512 g/mol. The van der Waals surface area contributed by atoms with Crippen molar-refractivity contribution < 1.29 is 19.1 Å². The molecule has 0 radical (unpaired) electrons. The van der Waals surface area contributed by atoms with Gasteiger partial charge in [-0.25, -0.2) is 4.79 Å². The van der Waals surface area contributed by atoms with Gasteiger partial charge in [-0.15, -0.1) is 0 Å². The molecule has 1 heterocycles. The van der Waals surface area contributed by atoms with E-state index in [0.29, 0.717) is 26.9 Å². The lowest BCUT2D eigenvalue weighted by Gasteiger charge is -2.29. The van der Waals surface area contributed by atoms with Crippen LogP contribution in [0.3, 0.4) is 0 Å². The summed E-state index contributed by atoms with van der Waals surface area (Å²) in [4.78, 5) is 25.7. The molecule has 7 nitrogen and oxygen atoms in total. The van der Waals surface area contributed by atoms with Crippen molar-refractivity contribution >= 4 is 40.9 Å². The van der Waals surface area contributed by atoms with Gasteiger partial charge in [0, 0.05) is 23.5 Å². The number of thioether (sulfide) groups is 1. The second-order valence-corrected chi connectivity index (χ2v) is 9.15. The van der Waals surface area contributed by atoms with E-state index < -0.39 is 11.9 Å². The molecule has 3 rings (SSSR count). The quantitative estimate of drug-likeness (QED) is 0.364. The van der Waals surface area contributed by atoms with Crippen molar-refractivity contribution in [2.45, 2.75) is 19.8 Å². The Labute approximate surface area is 214 Å². The summed E-state index contributed by atoms with van der Waals surface area (Å²) >= 11 is 7.68. The smallest absolute Gasteiger partial charge is 0.336 e. The van der Waals surface area contributed by atoms with E-state index in [4.69, 9.17) is 21.1 Å². The predicted octanol–water partition coefficient (Wildman–Crippen LogP) is 4.91. The van der Waals surface area contributed by atoms with E-state index in [2.05, 4.69) is 16.7 Å². The van der Waals surface area contributed by atoms with Crippen molar-refractivity contribution in [2.75, 3.05) is 31.4 Å². The molecule has 1 aliphatic rings. The molecule has 2 aromatic carbocycles. The Balaban J connectivity index is 1.90. The number of carbonyl (C=O) groups is 2. The molecule has 1 aliphatic heterocycles. The Morgan fingerprint density at radius 2 is 1.86 bits per heavy atom. The van der Waals surface area contributed by atoms with Crippen LogP contribution in [-0.4, -0.2) is 38.0 Å². The molecule has 0 aliphatic carbocycles. The number of allylic oxidation sites excluding steroid dienone is 2. The summed E-state index contributed by atoms with van der Waals surface area (Å²) in [6.45, 7) is 3.98. The van der Waals surface area contributed by atoms with Crippen LogP contribution in [-0.2, 0) is 19.1 Å². The molecule has 35 heavy (non-hydrogen) atoms. The van der Waals surface area contributed by atoms with Crippen molar-refractivity contribution in [1.29, 1.82) is 5.26 Å². The highest BCUT2D eigenvalue weighted by Crippen LogP contribution is 2.43. The van der Waals surface area contributed by atoms with Crippen molar-refractivity contribution in [3.8, 4) is 6.07 Å². The number of carbonyl (C=O) groups excluding carboxylic acids is 2. The lowest BCUT2D eigenvalue weighted by Crippen LogP contribution is -2.30. The number of aryl methyl sites for hydroxylation is 1. The van der Waals surface area contributed by atoms with Gasteiger partial charge in [0.25, 0.3) is 0 Å². The van der Waals surface area contributed by atoms with Crippen LogP contribution in [0.15, 0.2) is 70.4 Å². The van der Waals surface area contributed by atoms with Crippen molar-refractivity contribution in [3.05, 3.63) is 86.6 Å². The summed E-state index contributed by atoms with van der Waals surface area (Å²) in [7, 11) is 1.52. The van der Waals surface area contributed by atoms with Gasteiger partial charge in [-0.3, -0.25) is 4.79 Å². The van der Waals surface area contributed by atoms with Gasteiger partial charge >= 0.3 is 5.97 Å². The fourth-order valence-corrected chi connectivity index (χ4v) is 4.79. The van der Waals surface area contributed by atoms with E-state index in [9.17, 15) is 14.9 Å². The van der Waals surface area contributed by atoms with E-state index in [1.165, 1.54) is 18.9 Å². The minimum Gasteiger partial charge on any atom is -0.460 e. The molecule has 1 unspecified atom stereocenters. The van der Waals surface area contributed by atoms with Crippen LogP contribution in [0.5, 0.6) is 0 Å². The van der Waals surface area contributed by atoms with Crippen molar-refractivity contribution in [3.63, 3.8) is 0 Å². The third-order valence-corrected chi connectivity index (χ3v) is 6.73. The predicted molar refractivity (Wildman–Crippen MR) is 138 cm³/mol. The van der Waals surface area contributed by atoms with E-state index >= 15 is 0 Å². The van der Waals surface area contributed by atoms with Crippen LogP contribution in [0, 0.1) is 18.3 Å². The number of amides is 1. The number of para-hydroxylation sites is 1. The zero-order valence-electron chi connectivity index (χ0n) is 19.7. The number of esters is 1. The number of nitrogens with zero attached hydrogens (tertiary/aromatic N) is 1. The van der Waals surface area contributed by atoms with Crippen LogP contribution >= 0.6 is 23.4 Å². The van der Waals surface area contributed by atoms with E-state index in [-0.39, 0.29) is 30.4 Å². The number of benzene rings is 2. The molecule has 182 valence electrons. The first kappa shape index (κ1) is 26.4. The molecule has 1 atom stereocenters. The van der Waals surface area contributed by atoms with Gasteiger partial charge in [0.15, 0.2) is 0 Å². The first-order valence-corrected chi connectivity index (χ1v) is 12.2. The number of nitriles is 1. The third kappa shape index (κ3) is 6.45. The average Bonchev–Trinajstić information content (AvgIpc) is 2.84. The van der Waals surface area contributed by atoms with Gasteiger partial charge in [0.05, 0.1) is 40.5 Å². The van der Waals surface area contributed by atoms with Gasteiger partial charge in [0.1, 0.15) is 6.61 Å². The second kappa shape index (κ2) is 12.5. The van der Waals surface area contributed by atoms with Crippen molar-refractivity contribution in [2.24, 2.45) is 0 Å². The Morgan fingerprint density at radius 3 is 2.54 bits per heavy atom. The minimum atomic E-state index is -0.744. The lowest BCUT2D eigenvalue weighted by molar-refractivity contribution is -0.140. The Morgan fingerprint density at radius 1 is 1.14 bits per heavy atom. The molecular formula is C26H26ClN3O4S. The summed E-state index contributed by atoms with van der Waals surface area (Å²) in [5, 5.41) is 17.1. The van der Waals surface area contributed by atoms with Gasteiger partial charge in [-0.05, 0) is 37.1 Å². The molecule has 2 N–H and O–H groups in total. The molecule has 0 spiro atoms. The van der Waals surface area contributed by atoms with Crippen LogP contribution in [0.25, 0.3) is 0 Å². The molecule has 0 fully saturated rings. The highest BCUT2D eigenvalue weighted by molar-refractivity contribution is 8.03. The van der Waals surface area contributed by atoms with E-state index in [1.54, 1.807) is 31.2 Å². The zero-order chi connectivity index (χ0) is 25.4. The third-order valence-electron chi connectivity index (χ3n) is 5.37. The fraction of sp³-hybridized carbons (Fsp3) is 0.269. The molecule has 0 saturated carbocycles. The van der Waals surface area contributed by atoms with Crippen LogP contribution in [0.1, 0.15) is 24.0 Å². The van der Waals surface area contributed by atoms with Crippen LogP contribution in [0.4, 0.5) is 5.69 Å². The maximum Gasteiger partial charge on any atom is 0.336 e. The Hall–Kier alpha value is -3.25. The second-order valence-electron chi connectivity index (χ2n) is 7.75. The van der Waals surface area contributed by atoms with Crippen molar-refractivity contribution in [1.82, 2.24) is 5.32 Å². The Bertz CT molecular complexity index is 1220. The largest absolute Gasteiger partial charge is 0.460 e. The molecule has 1 amide bonds. The van der Waals surface area contributed by atoms with Gasteiger partial charge in [-0.1, -0.05) is 59.8 Å². The number of methoxy groups -OCH3 is 1. The Kier molecular flexibility index (Phi) is 9.38. The maximum atomic E-state index is 13.0. The fourth-order valence-electron chi connectivity index (χ4n) is 3.65. The minimum absolute atomic E-state index is 0.0674. The number of hydrogen-bond donors (Lipinski definition) is 2. The lowest BCUT2D eigenvalue weighted by atomic mass is 9.82. The van der Waals surface area contributed by atoms with Crippen LogP contribution < -0.4 is 10.6 Å². The first-order chi connectivity index (χ1) is 16.9. The summed E-state index contributed by atoms with van der Waals surface area (Å²) in [6.07, 6.45) is 0. The number of halogens is 1. The first-order valence-electron chi connectivity index (χ1n) is 10.9. The number of dihydropyridines is 1. The highest BCUT2D eigenvalue weighted by Gasteiger charge is 2.36. The van der Waals surface area contributed by atoms with Gasteiger partial charge in [-0.2, -0.15) is 5.26 Å². The standard InChI is InChI=1S/C26H26ClN3O4S/c1-16-8-4-7-11-21(16)30-22(31)15-35-25-19(14-28)24(18-9-5-6-10-20(18)27)23(17(2)29-25)26(32)34-13-12-33-3/h4-11,24,29H,12-13,15H2,1-3H3,(H,30,31). The number of rotatable bonds is 9. The SMILES string of the molecule is COCCOC(=O)C1=C(C)NC(SCC(=O)Nc2ccccc2C)=C(C#N)C1c1ccccc1Cl. The van der Waals surface area contributed by atoms with E-state index in [0.717, 1.165) is 11.3 Å². The molecular weight excluding hydrogens is 486 g/mol. The summed E-state index contributed by atoms with van der Waals surface area (Å²) in [5.41, 5.74) is 3.39. The molecule has 0 bridgehead atoms. The normalized spacial score (nSPS) is 15.3. The molecule has 0 saturated heterocycles. The van der Waals surface area contributed by atoms with Gasteiger partial charge in [0.2, 0.25) is 5.91 Å². The number of anilines is 1. The molecule has 9 heteroatoms. The number of nitrogens with one attached hydrogen (secondary N) is 2. The number of hydrogen-bond acceptors (Lipinski definition) is 7. The maximum absolute atomic E-state index is 13.0. The molecule has 2 aromatic rings. The summed E-state index contributed by atoms with van der Waals surface area (Å²) in [5.74, 6) is -1.45. The highest BCUT2D eigenvalue weighted by atomic mass is 35.5. The van der Waals surface area contributed by atoms with E-state index in [1.807, 2.05) is 31.2 Å². The monoisotopic (exact) mass is 511 g/mol. The van der Waals surface area contributed by atoms with Gasteiger partial charge < -0.3 is 20.1 Å². The molecule has 0 aromatic heterocycles. The summed E-state index contributed by atoms with van der Waals surface area (Å²) in [6, 6.07) is 16.8. The van der Waals surface area contributed by atoms with Crippen LogP contribution in [0.2, 0.25) is 5.02 Å². The summed E-state index contributed by atoms with van der Waals surface area (Å²) < 4.78 is 10.3.